The number of hydrogen-bond acceptors (Lipinski definition) is 5. The fraction of sp³-hybridized carbons (Fsp3) is 0.812. The highest BCUT2D eigenvalue weighted by Gasteiger charge is 2.25. The number of hydrogen-bond donors (Lipinski definition) is 2. The maximum Gasteiger partial charge on any atom is 0.229 e. The Labute approximate surface area is 148 Å². The summed E-state index contributed by atoms with van der Waals surface area (Å²) in [4.78, 5) is 12.3. The molecular formula is C16H27ClN4OS. The van der Waals surface area contributed by atoms with Gasteiger partial charge >= 0.3 is 0 Å². The zero-order valence-corrected chi connectivity index (χ0v) is 15.3. The predicted octanol–water partition coefficient (Wildman–Crippen LogP) is 3.41. The molecule has 2 fully saturated rings. The van der Waals surface area contributed by atoms with Gasteiger partial charge in [-0.05, 0) is 32.2 Å². The van der Waals surface area contributed by atoms with E-state index < -0.39 is 0 Å². The molecule has 1 aromatic rings. The van der Waals surface area contributed by atoms with E-state index in [0.29, 0.717) is 11.2 Å². The highest BCUT2D eigenvalue weighted by atomic mass is 35.5. The van der Waals surface area contributed by atoms with E-state index in [-0.39, 0.29) is 24.2 Å². The third kappa shape index (κ3) is 5.40. The van der Waals surface area contributed by atoms with Crippen molar-refractivity contribution in [2.75, 3.05) is 11.9 Å². The van der Waals surface area contributed by atoms with Crippen molar-refractivity contribution in [3.05, 3.63) is 5.01 Å². The van der Waals surface area contributed by atoms with Crippen molar-refractivity contribution in [1.82, 2.24) is 15.5 Å². The predicted molar refractivity (Wildman–Crippen MR) is 96.3 cm³/mol. The first-order valence-electron chi connectivity index (χ1n) is 8.57. The third-order valence-electron chi connectivity index (χ3n) is 4.88. The van der Waals surface area contributed by atoms with Gasteiger partial charge in [0.05, 0.1) is 0 Å². The van der Waals surface area contributed by atoms with Crippen LogP contribution >= 0.6 is 23.7 Å². The molecular weight excluding hydrogens is 332 g/mol. The average Bonchev–Trinajstić information content (AvgIpc) is 2.95. The van der Waals surface area contributed by atoms with Gasteiger partial charge in [0.1, 0.15) is 5.01 Å². The molecule has 23 heavy (non-hydrogen) atoms. The zero-order chi connectivity index (χ0) is 15.4. The van der Waals surface area contributed by atoms with Gasteiger partial charge in [-0.3, -0.25) is 4.79 Å². The molecule has 1 saturated carbocycles. The number of halogens is 1. The largest absolute Gasteiger partial charge is 0.314 e. The minimum Gasteiger partial charge on any atom is -0.314 e. The minimum atomic E-state index is 0. The lowest BCUT2D eigenvalue weighted by atomic mass is 9.87. The Bertz CT molecular complexity index is 504. The average molecular weight is 359 g/mol. The first-order chi connectivity index (χ1) is 10.7. The zero-order valence-electron chi connectivity index (χ0n) is 13.7. The molecule has 0 spiro atoms. The molecule has 7 heteroatoms. The van der Waals surface area contributed by atoms with E-state index in [1.165, 1.54) is 32.1 Å². The monoisotopic (exact) mass is 358 g/mol. The number of aromatic nitrogens is 2. The topological polar surface area (TPSA) is 66.9 Å². The quantitative estimate of drug-likeness (QED) is 0.865. The Morgan fingerprint density at radius 3 is 2.78 bits per heavy atom. The van der Waals surface area contributed by atoms with Crippen LogP contribution in [-0.4, -0.2) is 28.7 Å². The Morgan fingerprint density at radius 1 is 1.26 bits per heavy atom. The van der Waals surface area contributed by atoms with Crippen LogP contribution in [0.4, 0.5) is 5.13 Å². The van der Waals surface area contributed by atoms with E-state index in [0.717, 1.165) is 36.7 Å². The van der Waals surface area contributed by atoms with E-state index >= 15 is 0 Å². The second-order valence-electron chi connectivity index (χ2n) is 6.77. The van der Waals surface area contributed by atoms with Crippen LogP contribution in [0.5, 0.6) is 0 Å². The number of amides is 1. The standard InChI is InChI=1S/C16H26N4OS.ClH/c1-11-9-13(7-8-17-11)15(21)18-16-20-19-14(22-16)10-12-5-3-2-4-6-12;/h11-13,17H,2-10H2,1H3,(H,18,20,21);1H/t11-,13-;/m0./s1. The summed E-state index contributed by atoms with van der Waals surface area (Å²) in [5.41, 5.74) is 0. The minimum absolute atomic E-state index is 0. The summed E-state index contributed by atoms with van der Waals surface area (Å²) in [6, 6.07) is 0.417. The highest BCUT2D eigenvalue weighted by molar-refractivity contribution is 7.15. The van der Waals surface area contributed by atoms with E-state index in [1.54, 1.807) is 11.3 Å². The third-order valence-corrected chi connectivity index (χ3v) is 5.74. The van der Waals surface area contributed by atoms with E-state index in [4.69, 9.17) is 0 Å². The van der Waals surface area contributed by atoms with Crippen molar-refractivity contribution >= 4 is 34.8 Å². The lowest BCUT2D eigenvalue weighted by Crippen LogP contribution is -2.40. The fourth-order valence-corrected chi connectivity index (χ4v) is 4.46. The number of nitrogens with one attached hydrogen (secondary N) is 2. The van der Waals surface area contributed by atoms with Gasteiger partial charge in [0.15, 0.2) is 0 Å². The SMILES string of the molecule is C[C@H]1C[C@@H](C(=O)Nc2nnc(CC3CCCCC3)s2)CCN1.Cl. The van der Waals surface area contributed by atoms with Crippen molar-refractivity contribution in [1.29, 1.82) is 0 Å². The number of carbonyl (C=O) groups excluding carboxylic acids is 1. The lowest BCUT2D eigenvalue weighted by molar-refractivity contribution is -0.120. The maximum absolute atomic E-state index is 12.3. The molecule has 2 N–H and O–H groups in total. The molecule has 1 saturated heterocycles. The Kier molecular flexibility index (Phi) is 7.24. The van der Waals surface area contributed by atoms with Crippen LogP contribution in [0, 0.1) is 11.8 Å². The smallest absolute Gasteiger partial charge is 0.229 e. The molecule has 3 rings (SSSR count). The van der Waals surface area contributed by atoms with Crippen molar-refractivity contribution in [3.63, 3.8) is 0 Å². The molecule has 1 aliphatic heterocycles. The van der Waals surface area contributed by atoms with Crippen LogP contribution in [0.3, 0.4) is 0 Å². The van der Waals surface area contributed by atoms with Crippen LogP contribution in [0.25, 0.3) is 0 Å². The van der Waals surface area contributed by atoms with Crippen LogP contribution in [0.1, 0.15) is 56.9 Å². The summed E-state index contributed by atoms with van der Waals surface area (Å²) in [6.45, 7) is 3.05. The van der Waals surface area contributed by atoms with Crippen molar-refractivity contribution in [2.24, 2.45) is 11.8 Å². The van der Waals surface area contributed by atoms with Gasteiger partial charge in [0.25, 0.3) is 0 Å². The summed E-state index contributed by atoms with van der Waals surface area (Å²) in [5, 5.41) is 16.5. The fourth-order valence-electron chi connectivity index (χ4n) is 3.60. The number of anilines is 1. The first-order valence-corrected chi connectivity index (χ1v) is 9.39. The van der Waals surface area contributed by atoms with E-state index in [2.05, 4.69) is 27.8 Å². The molecule has 0 bridgehead atoms. The van der Waals surface area contributed by atoms with E-state index in [9.17, 15) is 4.79 Å². The second-order valence-corrected chi connectivity index (χ2v) is 7.84. The summed E-state index contributed by atoms with van der Waals surface area (Å²) >= 11 is 1.55. The van der Waals surface area contributed by atoms with Crippen LogP contribution in [0.15, 0.2) is 0 Å². The van der Waals surface area contributed by atoms with Crippen molar-refractivity contribution in [2.45, 2.75) is 64.3 Å². The molecule has 0 radical (unpaired) electrons. The molecule has 1 aliphatic carbocycles. The Hall–Kier alpha value is -0.720. The number of rotatable bonds is 4. The van der Waals surface area contributed by atoms with Gasteiger partial charge in [0, 0.05) is 18.4 Å². The Balaban J connectivity index is 0.00000192. The second kappa shape index (κ2) is 8.94. The highest BCUT2D eigenvalue weighted by Crippen LogP contribution is 2.29. The molecule has 5 nitrogen and oxygen atoms in total. The molecule has 0 aromatic carbocycles. The molecule has 1 aromatic heterocycles. The van der Waals surface area contributed by atoms with Gasteiger partial charge in [0.2, 0.25) is 11.0 Å². The van der Waals surface area contributed by atoms with Gasteiger partial charge < -0.3 is 10.6 Å². The molecule has 0 unspecified atom stereocenters. The summed E-state index contributed by atoms with van der Waals surface area (Å²) in [6.07, 6.45) is 9.54. The van der Waals surface area contributed by atoms with Crippen LogP contribution in [0.2, 0.25) is 0 Å². The summed E-state index contributed by atoms with van der Waals surface area (Å²) in [7, 11) is 0. The molecule has 130 valence electrons. The Morgan fingerprint density at radius 2 is 2.04 bits per heavy atom. The van der Waals surface area contributed by atoms with Crippen LogP contribution in [-0.2, 0) is 11.2 Å². The van der Waals surface area contributed by atoms with Crippen molar-refractivity contribution in [3.8, 4) is 0 Å². The van der Waals surface area contributed by atoms with Crippen LogP contribution < -0.4 is 10.6 Å². The molecule has 1 amide bonds. The van der Waals surface area contributed by atoms with Gasteiger partial charge in [-0.25, -0.2) is 0 Å². The summed E-state index contributed by atoms with van der Waals surface area (Å²) in [5.74, 6) is 0.964. The first kappa shape index (κ1) is 18.6. The van der Waals surface area contributed by atoms with Gasteiger partial charge in [-0.2, -0.15) is 0 Å². The number of carbonyl (C=O) groups is 1. The maximum atomic E-state index is 12.3. The summed E-state index contributed by atoms with van der Waals surface area (Å²) < 4.78 is 0. The molecule has 2 heterocycles. The van der Waals surface area contributed by atoms with Crippen molar-refractivity contribution < 1.29 is 4.79 Å². The normalized spacial score (nSPS) is 25.6. The molecule has 2 aliphatic rings. The lowest BCUT2D eigenvalue weighted by Gasteiger charge is -2.26. The number of piperidine rings is 1. The molecule has 2 atom stereocenters. The van der Waals surface area contributed by atoms with Gasteiger partial charge in [-0.15, -0.1) is 22.6 Å². The van der Waals surface area contributed by atoms with E-state index in [1.807, 2.05) is 0 Å². The number of nitrogens with zero attached hydrogens (tertiary/aromatic N) is 2. The van der Waals surface area contributed by atoms with Gasteiger partial charge in [-0.1, -0.05) is 43.4 Å².